The highest BCUT2D eigenvalue weighted by molar-refractivity contribution is 9.10. The molecule has 4 nitrogen and oxygen atoms in total. The summed E-state index contributed by atoms with van der Waals surface area (Å²) in [7, 11) is 1.60. The number of hydrogen-bond acceptors (Lipinski definition) is 4. The van der Waals surface area contributed by atoms with E-state index in [9.17, 15) is 4.39 Å². The van der Waals surface area contributed by atoms with Crippen LogP contribution in [0.2, 0.25) is 0 Å². The summed E-state index contributed by atoms with van der Waals surface area (Å²) < 4.78 is 31.3. The van der Waals surface area contributed by atoms with Gasteiger partial charge in [0.25, 0.3) is 0 Å². The maximum absolute atomic E-state index is 13.8. The van der Waals surface area contributed by atoms with Crippen molar-refractivity contribution in [2.45, 2.75) is 39.5 Å². The number of nitrogens with one attached hydrogen (secondary N) is 1. The van der Waals surface area contributed by atoms with Crippen LogP contribution >= 0.6 is 15.9 Å². The minimum atomic E-state index is -0.283. The minimum Gasteiger partial charge on any atom is -0.493 e. The molecule has 2 aromatic carbocycles. The second-order valence-electron chi connectivity index (χ2n) is 6.44. The first-order valence-corrected chi connectivity index (χ1v) is 9.85. The van der Waals surface area contributed by atoms with Crippen LogP contribution in [0.5, 0.6) is 11.5 Å². The molecular weight excluding hydrogens is 413 g/mol. The van der Waals surface area contributed by atoms with Gasteiger partial charge in [-0.25, -0.2) is 4.39 Å². The zero-order valence-electron chi connectivity index (χ0n) is 16.1. The first-order valence-electron chi connectivity index (χ1n) is 9.06. The van der Waals surface area contributed by atoms with Crippen molar-refractivity contribution in [2.75, 3.05) is 20.3 Å². The van der Waals surface area contributed by atoms with Gasteiger partial charge in [0, 0.05) is 18.7 Å². The number of methoxy groups -OCH3 is 1. The van der Waals surface area contributed by atoms with Crippen molar-refractivity contribution in [3.63, 3.8) is 0 Å². The normalized spacial score (nSPS) is 11.0. The first-order chi connectivity index (χ1) is 13.0. The van der Waals surface area contributed by atoms with Crippen molar-refractivity contribution in [1.82, 2.24) is 5.32 Å². The molecule has 0 atom stereocenters. The third-order valence-corrected chi connectivity index (χ3v) is 4.49. The van der Waals surface area contributed by atoms with Crippen molar-refractivity contribution < 1.29 is 18.6 Å². The SMILES string of the molecule is COc1cc(CNCCCOC(C)C)cc(Br)c1OCc1ccccc1F. The van der Waals surface area contributed by atoms with Gasteiger partial charge in [0.15, 0.2) is 11.5 Å². The van der Waals surface area contributed by atoms with Gasteiger partial charge in [-0.3, -0.25) is 0 Å². The average Bonchev–Trinajstić information content (AvgIpc) is 2.64. The van der Waals surface area contributed by atoms with E-state index in [1.165, 1.54) is 6.07 Å². The Kier molecular flexibility index (Phi) is 9.04. The molecule has 0 bridgehead atoms. The quantitative estimate of drug-likeness (QED) is 0.495. The third-order valence-electron chi connectivity index (χ3n) is 3.90. The maximum Gasteiger partial charge on any atom is 0.175 e. The number of halogens is 2. The summed E-state index contributed by atoms with van der Waals surface area (Å²) in [6, 6.07) is 10.5. The van der Waals surface area contributed by atoms with Gasteiger partial charge in [0.2, 0.25) is 0 Å². The third kappa shape index (κ3) is 7.13. The largest absolute Gasteiger partial charge is 0.493 e. The lowest BCUT2D eigenvalue weighted by Crippen LogP contribution is -2.17. The van der Waals surface area contributed by atoms with E-state index in [0.717, 1.165) is 29.6 Å². The smallest absolute Gasteiger partial charge is 0.175 e. The van der Waals surface area contributed by atoms with Gasteiger partial charge in [0.05, 0.1) is 17.7 Å². The van der Waals surface area contributed by atoms with Gasteiger partial charge in [-0.2, -0.15) is 0 Å². The van der Waals surface area contributed by atoms with Gasteiger partial charge < -0.3 is 19.5 Å². The molecule has 0 spiro atoms. The Morgan fingerprint density at radius 2 is 1.96 bits per heavy atom. The van der Waals surface area contributed by atoms with Crippen LogP contribution in [0.1, 0.15) is 31.4 Å². The van der Waals surface area contributed by atoms with Gasteiger partial charge in [0.1, 0.15) is 12.4 Å². The Morgan fingerprint density at radius 1 is 1.19 bits per heavy atom. The summed E-state index contributed by atoms with van der Waals surface area (Å²) in [6.45, 7) is 6.54. The fraction of sp³-hybridized carbons (Fsp3) is 0.429. The van der Waals surface area contributed by atoms with E-state index >= 15 is 0 Å². The molecular formula is C21H27BrFNO3. The van der Waals surface area contributed by atoms with Crippen LogP contribution in [0.25, 0.3) is 0 Å². The lowest BCUT2D eigenvalue weighted by molar-refractivity contribution is 0.0770. The summed E-state index contributed by atoms with van der Waals surface area (Å²) in [4.78, 5) is 0. The van der Waals surface area contributed by atoms with Crippen molar-refractivity contribution in [1.29, 1.82) is 0 Å². The molecule has 0 aromatic heterocycles. The van der Waals surface area contributed by atoms with E-state index < -0.39 is 0 Å². The van der Waals surface area contributed by atoms with E-state index in [1.807, 2.05) is 26.0 Å². The van der Waals surface area contributed by atoms with Gasteiger partial charge >= 0.3 is 0 Å². The number of ether oxygens (including phenoxy) is 3. The predicted molar refractivity (Wildman–Crippen MR) is 109 cm³/mol. The lowest BCUT2D eigenvalue weighted by atomic mass is 10.2. The van der Waals surface area contributed by atoms with Crippen LogP contribution in [0.4, 0.5) is 4.39 Å². The molecule has 6 heteroatoms. The predicted octanol–water partition coefficient (Wildman–Crippen LogP) is 5.08. The Balaban J connectivity index is 1.93. The lowest BCUT2D eigenvalue weighted by Gasteiger charge is -2.15. The fourth-order valence-electron chi connectivity index (χ4n) is 2.53. The van der Waals surface area contributed by atoms with Crippen molar-refractivity contribution in [3.05, 3.63) is 57.8 Å². The van der Waals surface area contributed by atoms with E-state index in [4.69, 9.17) is 14.2 Å². The number of rotatable bonds is 11. The summed E-state index contributed by atoms with van der Waals surface area (Å²) >= 11 is 3.53. The maximum atomic E-state index is 13.8. The Labute approximate surface area is 169 Å². The molecule has 27 heavy (non-hydrogen) atoms. The van der Waals surface area contributed by atoms with E-state index in [1.54, 1.807) is 25.3 Å². The Hall–Kier alpha value is -1.63. The Morgan fingerprint density at radius 3 is 2.67 bits per heavy atom. The molecule has 0 fully saturated rings. The van der Waals surface area contributed by atoms with Gasteiger partial charge in [-0.1, -0.05) is 18.2 Å². The highest BCUT2D eigenvalue weighted by Crippen LogP contribution is 2.37. The molecule has 148 valence electrons. The topological polar surface area (TPSA) is 39.7 Å². The highest BCUT2D eigenvalue weighted by Gasteiger charge is 2.13. The van der Waals surface area contributed by atoms with E-state index in [0.29, 0.717) is 23.6 Å². The van der Waals surface area contributed by atoms with Crippen LogP contribution < -0.4 is 14.8 Å². The molecule has 0 aliphatic heterocycles. The highest BCUT2D eigenvalue weighted by atomic mass is 79.9. The van der Waals surface area contributed by atoms with Crippen LogP contribution in [0.3, 0.4) is 0 Å². The monoisotopic (exact) mass is 439 g/mol. The number of hydrogen-bond donors (Lipinski definition) is 1. The molecule has 0 aliphatic rings. The molecule has 1 N–H and O–H groups in total. The van der Waals surface area contributed by atoms with Crippen LogP contribution in [-0.2, 0) is 17.9 Å². The standard InChI is InChI=1S/C21H27BrFNO3/c1-15(2)26-10-6-9-24-13-16-11-18(22)21(20(12-16)25-3)27-14-17-7-4-5-8-19(17)23/h4-5,7-8,11-12,15,24H,6,9-10,13-14H2,1-3H3. The second-order valence-corrected chi connectivity index (χ2v) is 7.29. The molecule has 0 aliphatic carbocycles. The molecule has 0 heterocycles. The van der Waals surface area contributed by atoms with Crippen LogP contribution in [-0.4, -0.2) is 26.4 Å². The van der Waals surface area contributed by atoms with Crippen molar-refractivity contribution >= 4 is 15.9 Å². The second kappa shape index (κ2) is 11.3. The molecule has 0 amide bonds. The molecule has 0 saturated heterocycles. The Bertz CT molecular complexity index is 725. The first kappa shape index (κ1) is 21.7. The zero-order chi connectivity index (χ0) is 19.6. The molecule has 0 unspecified atom stereocenters. The van der Waals surface area contributed by atoms with Crippen molar-refractivity contribution in [2.24, 2.45) is 0 Å². The van der Waals surface area contributed by atoms with Crippen molar-refractivity contribution in [3.8, 4) is 11.5 Å². The average molecular weight is 440 g/mol. The van der Waals surface area contributed by atoms with Crippen LogP contribution in [0.15, 0.2) is 40.9 Å². The zero-order valence-corrected chi connectivity index (χ0v) is 17.6. The van der Waals surface area contributed by atoms with E-state index in [-0.39, 0.29) is 18.5 Å². The molecule has 0 radical (unpaired) electrons. The van der Waals surface area contributed by atoms with Gasteiger partial charge in [-0.15, -0.1) is 0 Å². The molecule has 2 aromatic rings. The summed E-state index contributed by atoms with van der Waals surface area (Å²) in [5, 5.41) is 3.39. The molecule has 2 rings (SSSR count). The number of benzene rings is 2. The summed E-state index contributed by atoms with van der Waals surface area (Å²) in [5.74, 6) is 0.894. The van der Waals surface area contributed by atoms with Crippen LogP contribution in [0, 0.1) is 5.82 Å². The summed E-state index contributed by atoms with van der Waals surface area (Å²) in [5.41, 5.74) is 1.57. The fourth-order valence-corrected chi connectivity index (χ4v) is 3.13. The summed E-state index contributed by atoms with van der Waals surface area (Å²) in [6.07, 6.45) is 1.22. The minimum absolute atomic E-state index is 0.134. The van der Waals surface area contributed by atoms with Gasteiger partial charge in [-0.05, 0) is 66.5 Å². The molecule has 0 saturated carbocycles. The van der Waals surface area contributed by atoms with E-state index in [2.05, 4.69) is 21.2 Å².